The molecule has 1 aliphatic heterocycles. The molecule has 8 atom stereocenters. The van der Waals surface area contributed by atoms with Crippen LogP contribution in [0.25, 0.3) is 0 Å². The van der Waals surface area contributed by atoms with Crippen LogP contribution < -0.4 is 0 Å². The van der Waals surface area contributed by atoms with Gasteiger partial charge in [-0.3, -0.25) is 9.59 Å². The molecule has 1 spiro atoms. The topological polar surface area (TPSA) is 55.9 Å². The molecule has 0 N–H and O–H groups in total. The predicted molar refractivity (Wildman–Crippen MR) is 91.7 cm³/mol. The second kappa shape index (κ2) is 4.88. The lowest BCUT2D eigenvalue weighted by atomic mass is 9.44. The Bertz CT molecular complexity index is 644. The number of Topliss-reactive ketones (excluding diaryl/α,β-unsaturated/α-hetero) is 1. The van der Waals surface area contributed by atoms with Gasteiger partial charge in [-0.1, -0.05) is 13.8 Å². The minimum absolute atomic E-state index is 0.00402. The molecule has 138 valence electrons. The highest BCUT2D eigenvalue weighted by Gasteiger charge is 2.81. The Morgan fingerprint density at radius 3 is 2.72 bits per heavy atom. The number of ketones is 1. The van der Waals surface area contributed by atoms with Crippen molar-refractivity contribution in [2.75, 3.05) is 7.11 Å². The molecule has 0 aromatic carbocycles. The first-order valence-electron chi connectivity index (χ1n) is 10.1. The maximum atomic E-state index is 12.4. The second-order valence-corrected chi connectivity index (χ2v) is 9.90. The Kier molecular flexibility index (Phi) is 3.18. The molecule has 0 aromatic heterocycles. The van der Waals surface area contributed by atoms with Gasteiger partial charge in [0.2, 0.25) is 0 Å². The van der Waals surface area contributed by atoms with Crippen molar-refractivity contribution in [3.63, 3.8) is 0 Å². The molecule has 1 heterocycles. The summed E-state index contributed by atoms with van der Waals surface area (Å²) in [5.41, 5.74) is 0.122. The number of fused-ring (bicyclic) bond motifs is 3. The molecule has 4 heteroatoms. The highest BCUT2D eigenvalue weighted by atomic mass is 16.6. The van der Waals surface area contributed by atoms with Gasteiger partial charge in [-0.25, -0.2) is 0 Å². The largest absolute Gasteiger partial charge is 0.469 e. The van der Waals surface area contributed by atoms with Crippen molar-refractivity contribution in [2.45, 2.75) is 76.9 Å². The number of esters is 1. The van der Waals surface area contributed by atoms with E-state index in [9.17, 15) is 9.59 Å². The molecular formula is C21H30O4. The van der Waals surface area contributed by atoms with Crippen LogP contribution in [0.3, 0.4) is 0 Å². The van der Waals surface area contributed by atoms with Crippen LogP contribution in [-0.4, -0.2) is 30.6 Å². The molecule has 0 amide bonds. The molecule has 4 aliphatic carbocycles. The van der Waals surface area contributed by atoms with Gasteiger partial charge in [0.1, 0.15) is 11.4 Å². The summed E-state index contributed by atoms with van der Waals surface area (Å²) in [7, 11) is 1.51. The van der Waals surface area contributed by atoms with Crippen molar-refractivity contribution in [1.29, 1.82) is 0 Å². The summed E-state index contributed by atoms with van der Waals surface area (Å²) in [5, 5.41) is 0. The van der Waals surface area contributed by atoms with Crippen LogP contribution in [0.15, 0.2) is 0 Å². The summed E-state index contributed by atoms with van der Waals surface area (Å²) >= 11 is 0. The van der Waals surface area contributed by atoms with Gasteiger partial charge >= 0.3 is 5.97 Å². The monoisotopic (exact) mass is 346 g/mol. The van der Waals surface area contributed by atoms with Crippen LogP contribution in [0.2, 0.25) is 0 Å². The Balaban J connectivity index is 1.49. The van der Waals surface area contributed by atoms with Gasteiger partial charge in [-0.15, -0.1) is 0 Å². The van der Waals surface area contributed by atoms with Crippen LogP contribution in [0, 0.1) is 34.5 Å². The molecule has 4 saturated carbocycles. The average molecular weight is 346 g/mol. The number of carbonyl (C=O) groups excluding carboxylic acids is 2. The molecule has 5 fully saturated rings. The fourth-order valence-corrected chi connectivity index (χ4v) is 7.98. The van der Waals surface area contributed by atoms with Crippen LogP contribution in [0.5, 0.6) is 0 Å². The molecule has 1 saturated heterocycles. The Morgan fingerprint density at radius 1 is 1.16 bits per heavy atom. The SMILES string of the molecule is COC(=O)[C@@H]1C[C@H]2O[C@]23[C@@H]2CC[C@@H]4CC(=O)CC[C@]4(C)[C@H]2CC[C@]13C. The van der Waals surface area contributed by atoms with E-state index in [2.05, 4.69) is 13.8 Å². The third kappa shape index (κ3) is 1.78. The number of carbonyl (C=O) groups is 2. The van der Waals surface area contributed by atoms with Crippen molar-refractivity contribution in [1.82, 2.24) is 0 Å². The predicted octanol–water partition coefficient (Wildman–Crippen LogP) is 3.52. The van der Waals surface area contributed by atoms with Crippen LogP contribution in [0.4, 0.5) is 0 Å². The summed E-state index contributed by atoms with van der Waals surface area (Å²) in [5.74, 6) is 2.18. The number of rotatable bonds is 1. The smallest absolute Gasteiger partial charge is 0.309 e. The molecule has 4 nitrogen and oxygen atoms in total. The molecule has 25 heavy (non-hydrogen) atoms. The lowest BCUT2D eigenvalue weighted by Gasteiger charge is -2.60. The molecular weight excluding hydrogens is 316 g/mol. The number of hydrogen-bond acceptors (Lipinski definition) is 4. The quantitative estimate of drug-likeness (QED) is 0.538. The maximum absolute atomic E-state index is 12.4. The van der Waals surface area contributed by atoms with Crippen LogP contribution in [0.1, 0.15) is 65.2 Å². The van der Waals surface area contributed by atoms with E-state index in [0.717, 1.165) is 44.9 Å². The number of epoxide rings is 1. The lowest BCUT2D eigenvalue weighted by molar-refractivity contribution is -0.167. The highest BCUT2D eigenvalue weighted by molar-refractivity contribution is 5.79. The minimum atomic E-state index is -0.0930. The van der Waals surface area contributed by atoms with Crippen molar-refractivity contribution in [2.24, 2.45) is 34.5 Å². The zero-order valence-corrected chi connectivity index (χ0v) is 15.7. The third-order valence-electron chi connectivity index (χ3n) is 9.39. The minimum Gasteiger partial charge on any atom is -0.469 e. The van der Waals surface area contributed by atoms with E-state index in [4.69, 9.17) is 9.47 Å². The summed E-state index contributed by atoms with van der Waals surface area (Å²) < 4.78 is 11.5. The van der Waals surface area contributed by atoms with Crippen molar-refractivity contribution in [3.05, 3.63) is 0 Å². The maximum Gasteiger partial charge on any atom is 0.309 e. The van der Waals surface area contributed by atoms with Gasteiger partial charge < -0.3 is 9.47 Å². The van der Waals surface area contributed by atoms with E-state index in [1.807, 2.05) is 0 Å². The van der Waals surface area contributed by atoms with Gasteiger partial charge in [-0.05, 0) is 61.7 Å². The third-order valence-corrected chi connectivity index (χ3v) is 9.39. The zero-order valence-electron chi connectivity index (χ0n) is 15.7. The molecule has 0 unspecified atom stereocenters. The lowest BCUT2D eigenvalue weighted by Crippen LogP contribution is -2.59. The first kappa shape index (κ1) is 16.3. The van der Waals surface area contributed by atoms with E-state index in [1.165, 1.54) is 13.5 Å². The van der Waals surface area contributed by atoms with Gasteiger partial charge in [-0.2, -0.15) is 0 Å². The van der Waals surface area contributed by atoms with E-state index < -0.39 is 0 Å². The standard InChI is InChI=1S/C21H30O4/c1-19-8-6-13(22)10-12(19)4-5-15-14(19)7-9-20(2)16(18(23)24-3)11-17-21(15,20)25-17/h12,14-17H,4-11H2,1-3H3/t12-,14+,15-,16+,17-,19+,20-,21-/m1/s1. The van der Waals surface area contributed by atoms with Gasteiger partial charge in [0.15, 0.2) is 0 Å². The first-order chi connectivity index (χ1) is 11.9. The van der Waals surface area contributed by atoms with Gasteiger partial charge in [0.05, 0.1) is 19.1 Å². The zero-order chi connectivity index (χ0) is 17.6. The van der Waals surface area contributed by atoms with Crippen molar-refractivity contribution in [3.8, 4) is 0 Å². The fourth-order valence-electron chi connectivity index (χ4n) is 7.98. The molecule has 5 aliphatic rings. The van der Waals surface area contributed by atoms with Crippen molar-refractivity contribution >= 4 is 11.8 Å². The normalized spacial score (nSPS) is 56.3. The van der Waals surface area contributed by atoms with Crippen molar-refractivity contribution < 1.29 is 19.1 Å². The number of ether oxygens (including phenoxy) is 2. The van der Waals surface area contributed by atoms with E-state index in [0.29, 0.717) is 23.5 Å². The fraction of sp³-hybridized carbons (Fsp3) is 0.905. The van der Waals surface area contributed by atoms with Gasteiger partial charge in [0.25, 0.3) is 0 Å². The number of hydrogen-bond donors (Lipinski definition) is 0. The Morgan fingerprint density at radius 2 is 1.96 bits per heavy atom. The Labute approximate surface area is 150 Å². The summed E-state index contributed by atoms with van der Waals surface area (Å²) in [6.07, 6.45) is 8.24. The molecule has 0 bridgehead atoms. The molecule has 0 radical (unpaired) electrons. The summed E-state index contributed by atoms with van der Waals surface area (Å²) in [4.78, 5) is 24.4. The van der Waals surface area contributed by atoms with Gasteiger partial charge in [0, 0.05) is 18.3 Å². The van der Waals surface area contributed by atoms with Crippen LogP contribution in [-0.2, 0) is 19.1 Å². The highest BCUT2D eigenvalue weighted by Crippen LogP contribution is 2.76. The molecule has 0 aromatic rings. The number of methoxy groups -OCH3 is 1. The summed E-state index contributed by atoms with van der Waals surface area (Å²) in [6.45, 7) is 4.74. The van der Waals surface area contributed by atoms with E-state index >= 15 is 0 Å². The summed E-state index contributed by atoms with van der Waals surface area (Å²) in [6, 6.07) is 0. The molecule has 5 rings (SSSR count). The van der Waals surface area contributed by atoms with Crippen LogP contribution >= 0.6 is 0 Å². The average Bonchev–Trinajstić information content (AvgIpc) is 3.25. The van der Waals surface area contributed by atoms with E-state index in [1.54, 1.807) is 0 Å². The second-order valence-electron chi connectivity index (χ2n) is 9.90. The Hall–Kier alpha value is -0.900. The first-order valence-corrected chi connectivity index (χ1v) is 10.1. The van der Waals surface area contributed by atoms with E-state index in [-0.39, 0.29) is 34.4 Å².